The lowest BCUT2D eigenvalue weighted by molar-refractivity contribution is 1.08. The third-order valence-electron chi connectivity index (χ3n) is 1.20. The molecule has 3 nitrogen and oxygen atoms in total. The largest absolute Gasteiger partial charge is 0.272 e. The van der Waals surface area contributed by atoms with E-state index in [0.29, 0.717) is 5.28 Å². The minimum Gasteiger partial charge on any atom is -0.272 e. The molecule has 0 atom stereocenters. The lowest BCUT2D eigenvalue weighted by Gasteiger charge is -1.91. The number of hydrogen-bond acceptors (Lipinski definition) is 2. The molecule has 0 fully saturated rings. The number of aromatic nitrogens is 3. The molecule has 0 bridgehead atoms. The van der Waals surface area contributed by atoms with Gasteiger partial charge in [0.25, 0.3) is 0 Å². The molecule has 0 amide bonds. The van der Waals surface area contributed by atoms with Crippen LogP contribution in [0.4, 0.5) is 0 Å². The van der Waals surface area contributed by atoms with Gasteiger partial charge >= 0.3 is 0 Å². The van der Waals surface area contributed by atoms with Gasteiger partial charge in [0, 0.05) is 12.3 Å². The van der Waals surface area contributed by atoms with E-state index in [1.807, 2.05) is 12.3 Å². The fourth-order valence-corrected chi connectivity index (χ4v) is 2.05. The van der Waals surface area contributed by atoms with Crippen molar-refractivity contribution in [2.75, 3.05) is 0 Å². The van der Waals surface area contributed by atoms with Gasteiger partial charge in [0.1, 0.15) is 0 Å². The first-order valence-corrected chi connectivity index (χ1v) is 5.56. The Balaban J connectivity index is 2.69. The maximum Gasteiger partial charge on any atom is 0.229 e. The topological polar surface area (TPSA) is 30.7 Å². The second kappa shape index (κ2) is 2.89. The van der Waals surface area contributed by atoms with Crippen molar-refractivity contribution in [3.05, 3.63) is 15.2 Å². The van der Waals surface area contributed by atoms with Crippen molar-refractivity contribution in [1.29, 1.82) is 0 Å². The van der Waals surface area contributed by atoms with E-state index in [0.717, 1.165) is 5.82 Å². The van der Waals surface area contributed by atoms with Crippen molar-refractivity contribution in [3.8, 4) is 0 Å². The van der Waals surface area contributed by atoms with Gasteiger partial charge in [-0.15, -0.1) is 10.2 Å². The molecule has 0 N–H and O–H groups in total. The van der Waals surface area contributed by atoms with Crippen molar-refractivity contribution < 1.29 is 0 Å². The van der Waals surface area contributed by atoms with Gasteiger partial charge in [0.15, 0.2) is 5.82 Å². The van der Waals surface area contributed by atoms with E-state index < -0.39 is 0 Å². The molecule has 56 valence electrons. The summed E-state index contributed by atoms with van der Waals surface area (Å²) in [6.07, 6.45) is 3.72. The summed E-state index contributed by atoms with van der Waals surface area (Å²) >= 11 is 5.65. The zero-order valence-electron chi connectivity index (χ0n) is 5.33. The molecule has 1 aromatic heterocycles. The summed E-state index contributed by atoms with van der Waals surface area (Å²) in [5.74, 6) is 0.753. The standard InChI is InChI=1S/C6H3ClIN3/c7-6-10-9-5-1-2-8-3-4-11(5)6/h1,3-4H. The normalized spacial score (nSPS) is 13.9. The van der Waals surface area contributed by atoms with Gasteiger partial charge in [-0.25, -0.2) is 0 Å². The Morgan fingerprint density at radius 3 is 3.36 bits per heavy atom. The van der Waals surface area contributed by atoms with E-state index in [9.17, 15) is 0 Å². The number of halogens is 2. The average Bonchev–Trinajstić information content (AvgIpc) is 2.25. The van der Waals surface area contributed by atoms with Crippen LogP contribution in [0.25, 0.3) is 12.3 Å². The van der Waals surface area contributed by atoms with E-state index >= 15 is 0 Å². The Morgan fingerprint density at radius 1 is 1.55 bits per heavy atom. The molecule has 0 spiro atoms. The molecule has 2 heterocycles. The highest BCUT2D eigenvalue weighted by atomic mass is 127. The fourth-order valence-electron chi connectivity index (χ4n) is 0.721. The third kappa shape index (κ3) is 1.29. The van der Waals surface area contributed by atoms with Crippen molar-refractivity contribution in [3.63, 3.8) is 0 Å². The minimum atomic E-state index is -0.0811. The molecule has 0 radical (unpaired) electrons. The quantitative estimate of drug-likeness (QED) is 0.678. The molecular formula is C6H3ClIN3. The molecule has 0 aliphatic carbocycles. The molecule has 1 aromatic rings. The Kier molecular flexibility index (Phi) is 1.89. The number of hydrogen-bond donors (Lipinski definition) is 0. The molecule has 0 saturated heterocycles. The first-order valence-electron chi connectivity index (χ1n) is 2.86. The first-order chi connectivity index (χ1) is 5.38. The van der Waals surface area contributed by atoms with Crippen LogP contribution in [-0.4, -0.2) is 18.4 Å². The van der Waals surface area contributed by atoms with Crippen molar-refractivity contribution >= 4 is 48.3 Å². The summed E-state index contributed by atoms with van der Waals surface area (Å²) in [5, 5.41) is 7.96. The van der Waals surface area contributed by atoms with E-state index in [1.165, 1.54) is 0 Å². The lowest BCUT2D eigenvalue weighted by atomic mass is 10.6. The zero-order chi connectivity index (χ0) is 7.68. The number of fused-ring (bicyclic) bond motifs is 1. The van der Waals surface area contributed by atoms with E-state index in [2.05, 4.69) is 17.9 Å². The summed E-state index contributed by atoms with van der Waals surface area (Å²) in [7, 11) is 0. The predicted octanol–water partition coefficient (Wildman–Crippen LogP) is 1.76. The number of nitrogens with zero attached hydrogens (tertiary/aromatic N) is 3. The summed E-state index contributed by atoms with van der Waals surface area (Å²) in [6, 6.07) is 0. The zero-order valence-corrected chi connectivity index (χ0v) is 8.24. The van der Waals surface area contributed by atoms with E-state index in [1.54, 1.807) is 4.57 Å². The molecule has 0 saturated carbocycles. The Bertz CT molecular complexity index is 373. The lowest BCUT2D eigenvalue weighted by Crippen LogP contribution is -1.88. The van der Waals surface area contributed by atoms with Crippen LogP contribution in [0.2, 0.25) is 5.28 Å². The van der Waals surface area contributed by atoms with Gasteiger partial charge in [-0.2, -0.15) is 0 Å². The Morgan fingerprint density at radius 2 is 2.45 bits per heavy atom. The molecule has 1 aliphatic heterocycles. The van der Waals surface area contributed by atoms with Gasteiger partial charge in [-0.05, 0) is 36.4 Å². The maximum atomic E-state index is 5.73. The first kappa shape index (κ1) is 7.21. The highest BCUT2D eigenvalue weighted by molar-refractivity contribution is 14.2. The summed E-state index contributed by atoms with van der Waals surface area (Å²) in [4.78, 5) is 0. The van der Waals surface area contributed by atoms with Crippen molar-refractivity contribution in [1.82, 2.24) is 14.8 Å². The van der Waals surface area contributed by atoms with Gasteiger partial charge < -0.3 is 0 Å². The SMILES string of the molecule is Clc1nnc2n1C=CI=C=C2. The van der Waals surface area contributed by atoms with Crippen molar-refractivity contribution in [2.45, 2.75) is 0 Å². The van der Waals surface area contributed by atoms with Crippen molar-refractivity contribution in [2.24, 2.45) is 0 Å². The van der Waals surface area contributed by atoms with Gasteiger partial charge in [0.05, 0.1) is 0 Å². The third-order valence-corrected chi connectivity index (χ3v) is 2.81. The second-order valence-electron chi connectivity index (χ2n) is 1.83. The number of rotatable bonds is 0. The highest BCUT2D eigenvalue weighted by Crippen LogP contribution is 2.13. The fraction of sp³-hybridized carbons (Fsp3) is 0. The van der Waals surface area contributed by atoms with Crippen LogP contribution in [0.5, 0.6) is 0 Å². The summed E-state index contributed by atoms with van der Waals surface area (Å²) in [5.41, 5.74) is 0. The van der Waals surface area contributed by atoms with E-state index in [4.69, 9.17) is 11.6 Å². The molecule has 2 rings (SSSR count). The van der Waals surface area contributed by atoms with Crippen LogP contribution in [0.3, 0.4) is 0 Å². The van der Waals surface area contributed by atoms with Crippen LogP contribution in [0, 0.1) is 0 Å². The smallest absolute Gasteiger partial charge is 0.229 e. The predicted molar refractivity (Wildman–Crippen MR) is 53.9 cm³/mol. The Labute approximate surface area is 78.1 Å². The molecular weight excluding hydrogens is 276 g/mol. The molecule has 1 aliphatic rings. The summed E-state index contributed by atoms with van der Waals surface area (Å²) in [6.45, 7) is 0. The van der Waals surface area contributed by atoms with E-state index in [-0.39, 0.29) is 20.7 Å². The van der Waals surface area contributed by atoms with Gasteiger partial charge in [-0.3, -0.25) is 4.57 Å². The van der Waals surface area contributed by atoms with Crippen LogP contribution in [-0.2, 0) is 0 Å². The summed E-state index contributed by atoms with van der Waals surface area (Å²) < 4.78 is 6.93. The Hall–Kier alpha value is -0.450. The maximum absolute atomic E-state index is 5.73. The highest BCUT2D eigenvalue weighted by Gasteiger charge is 2.04. The van der Waals surface area contributed by atoms with Crippen LogP contribution in [0.15, 0.2) is 4.08 Å². The van der Waals surface area contributed by atoms with Crippen LogP contribution < -0.4 is 0 Å². The van der Waals surface area contributed by atoms with Crippen LogP contribution >= 0.6 is 32.3 Å². The van der Waals surface area contributed by atoms with Crippen LogP contribution in [0.1, 0.15) is 5.82 Å². The molecule has 0 unspecified atom stereocenters. The monoisotopic (exact) mass is 279 g/mol. The van der Waals surface area contributed by atoms with Gasteiger partial charge in [-0.1, -0.05) is 3.67 Å². The molecule has 11 heavy (non-hydrogen) atoms. The molecule has 5 heteroatoms. The van der Waals surface area contributed by atoms with Gasteiger partial charge in [0.2, 0.25) is 5.28 Å². The molecule has 0 aromatic carbocycles. The average molecular weight is 279 g/mol. The minimum absolute atomic E-state index is 0.0811. The second-order valence-corrected chi connectivity index (χ2v) is 4.14.